The van der Waals surface area contributed by atoms with E-state index in [1.54, 1.807) is 26.0 Å². The molecule has 0 amide bonds. The molecule has 0 spiro atoms. The number of alkyl halides is 3. The van der Waals surface area contributed by atoms with E-state index in [2.05, 4.69) is 0 Å². The first-order chi connectivity index (χ1) is 5.49. The minimum atomic E-state index is -4.08. The Balaban J connectivity index is 4.18. The van der Waals surface area contributed by atoms with Crippen LogP contribution in [0.5, 0.6) is 0 Å². The largest absolute Gasteiger partial charge is 0.392 e. The molecule has 0 aromatic rings. The Labute approximate surface area is 70.8 Å². The van der Waals surface area contributed by atoms with E-state index in [-0.39, 0.29) is 0 Å². The summed E-state index contributed by atoms with van der Waals surface area (Å²) in [5, 5.41) is 0. The molecule has 0 fully saturated rings. The number of halogens is 3. The highest BCUT2D eigenvalue weighted by molar-refractivity contribution is 5.12. The summed E-state index contributed by atoms with van der Waals surface area (Å²) in [5.41, 5.74) is 0.417. The minimum Gasteiger partial charge on any atom is -0.171 e. The van der Waals surface area contributed by atoms with Crippen molar-refractivity contribution in [1.29, 1.82) is 0 Å². The van der Waals surface area contributed by atoms with Crippen LogP contribution in [0.15, 0.2) is 23.8 Å². The van der Waals surface area contributed by atoms with Crippen LogP contribution in [0, 0.1) is 0 Å². The van der Waals surface area contributed by atoms with E-state index in [4.69, 9.17) is 0 Å². The number of hydrogen-bond donors (Lipinski definition) is 0. The quantitative estimate of drug-likeness (QED) is 0.576. The van der Waals surface area contributed by atoms with E-state index in [1.807, 2.05) is 0 Å². The van der Waals surface area contributed by atoms with Gasteiger partial charge in [-0.3, -0.25) is 0 Å². The second-order valence-electron chi connectivity index (χ2n) is 2.50. The fourth-order valence-electron chi connectivity index (χ4n) is 0.792. The molecule has 0 atom stereocenters. The Morgan fingerprint density at radius 1 is 1.33 bits per heavy atom. The lowest BCUT2D eigenvalue weighted by molar-refractivity contribution is -0.127. The van der Waals surface area contributed by atoms with Crippen LogP contribution in [-0.2, 0) is 0 Å². The Morgan fingerprint density at radius 2 is 1.92 bits per heavy atom. The van der Waals surface area contributed by atoms with Crippen molar-refractivity contribution in [3.05, 3.63) is 23.8 Å². The van der Waals surface area contributed by atoms with Crippen molar-refractivity contribution in [3.8, 4) is 0 Å². The van der Waals surface area contributed by atoms with Gasteiger partial charge in [-0.1, -0.05) is 30.7 Å². The first-order valence-electron chi connectivity index (χ1n) is 3.87. The maximum atomic E-state index is 11.9. The van der Waals surface area contributed by atoms with Gasteiger partial charge >= 0.3 is 6.18 Å². The zero-order chi connectivity index (χ0) is 9.61. The van der Waals surface area contributed by atoms with Gasteiger partial charge < -0.3 is 0 Å². The predicted molar refractivity (Wildman–Crippen MR) is 43.9 cm³/mol. The maximum Gasteiger partial charge on any atom is 0.392 e. The van der Waals surface area contributed by atoms with Crippen LogP contribution in [0.2, 0.25) is 0 Å². The van der Waals surface area contributed by atoms with Crippen LogP contribution < -0.4 is 0 Å². The van der Waals surface area contributed by atoms with E-state index in [1.165, 1.54) is 6.08 Å². The lowest BCUT2D eigenvalue weighted by atomic mass is 10.1. The third kappa shape index (κ3) is 6.01. The zero-order valence-electron chi connectivity index (χ0n) is 7.28. The number of allylic oxidation sites excluding steroid dienone is 4. The normalized spacial score (nSPS) is 14.2. The summed E-state index contributed by atoms with van der Waals surface area (Å²) in [4.78, 5) is 0. The molecule has 0 aromatic carbocycles. The summed E-state index contributed by atoms with van der Waals surface area (Å²) in [6.45, 7) is 3.50. The van der Waals surface area contributed by atoms with Gasteiger partial charge in [0, 0.05) is 0 Å². The van der Waals surface area contributed by atoms with Gasteiger partial charge in [0.15, 0.2) is 0 Å². The van der Waals surface area contributed by atoms with Gasteiger partial charge in [0.05, 0.1) is 6.42 Å². The SMILES string of the molecule is CC=CC=C(CC)CC(F)(F)F. The summed E-state index contributed by atoms with van der Waals surface area (Å²) in [6, 6.07) is 0. The van der Waals surface area contributed by atoms with Crippen LogP contribution in [0.25, 0.3) is 0 Å². The average Bonchev–Trinajstić information content (AvgIpc) is 1.95. The Bertz CT molecular complexity index is 175. The highest BCUT2D eigenvalue weighted by Crippen LogP contribution is 2.25. The fraction of sp³-hybridized carbons (Fsp3) is 0.556. The van der Waals surface area contributed by atoms with Gasteiger partial charge in [-0.2, -0.15) is 13.2 Å². The molecule has 0 unspecified atom stereocenters. The van der Waals surface area contributed by atoms with Crippen molar-refractivity contribution in [2.75, 3.05) is 0 Å². The maximum absolute atomic E-state index is 11.9. The number of rotatable bonds is 3. The van der Waals surface area contributed by atoms with Crippen LogP contribution in [0.1, 0.15) is 26.7 Å². The molecule has 70 valence electrons. The summed E-state index contributed by atoms with van der Waals surface area (Å²) >= 11 is 0. The topological polar surface area (TPSA) is 0 Å². The third-order valence-electron chi connectivity index (χ3n) is 1.41. The molecule has 0 aliphatic heterocycles. The molecule has 3 heteroatoms. The molecule has 0 radical (unpaired) electrons. The Kier molecular flexibility index (Phi) is 4.71. The van der Waals surface area contributed by atoms with Crippen LogP contribution in [0.3, 0.4) is 0 Å². The fourth-order valence-corrected chi connectivity index (χ4v) is 0.792. The van der Waals surface area contributed by atoms with E-state index < -0.39 is 12.6 Å². The lowest BCUT2D eigenvalue weighted by Crippen LogP contribution is -2.08. The summed E-state index contributed by atoms with van der Waals surface area (Å²) < 4.78 is 35.6. The van der Waals surface area contributed by atoms with Gasteiger partial charge in [0.1, 0.15) is 0 Å². The smallest absolute Gasteiger partial charge is 0.171 e. The summed E-state index contributed by atoms with van der Waals surface area (Å²) in [7, 11) is 0. The summed E-state index contributed by atoms with van der Waals surface area (Å²) in [6.07, 6.45) is 0.436. The molecule has 0 aliphatic rings. The minimum absolute atomic E-state index is 0.417. The monoisotopic (exact) mass is 178 g/mol. The van der Waals surface area contributed by atoms with Crippen molar-refractivity contribution in [2.45, 2.75) is 32.9 Å². The standard InChI is InChI=1S/C9H13F3/c1-3-5-6-8(4-2)7-9(10,11)12/h3,5-6H,4,7H2,1-2H3. The van der Waals surface area contributed by atoms with Crippen LogP contribution in [0.4, 0.5) is 13.2 Å². The molecular formula is C9H13F3. The molecule has 12 heavy (non-hydrogen) atoms. The van der Waals surface area contributed by atoms with Crippen molar-refractivity contribution in [3.63, 3.8) is 0 Å². The van der Waals surface area contributed by atoms with Gasteiger partial charge in [-0.05, 0) is 13.3 Å². The lowest BCUT2D eigenvalue weighted by Gasteiger charge is -2.07. The third-order valence-corrected chi connectivity index (χ3v) is 1.41. The van der Waals surface area contributed by atoms with Crippen molar-refractivity contribution >= 4 is 0 Å². The van der Waals surface area contributed by atoms with Crippen molar-refractivity contribution in [2.24, 2.45) is 0 Å². The van der Waals surface area contributed by atoms with Crippen molar-refractivity contribution < 1.29 is 13.2 Å². The molecule has 0 rings (SSSR count). The molecule has 0 nitrogen and oxygen atoms in total. The molecule has 0 aliphatic carbocycles. The van der Waals surface area contributed by atoms with E-state index in [0.29, 0.717) is 12.0 Å². The predicted octanol–water partition coefficient (Wildman–Crippen LogP) is 3.85. The van der Waals surface area contributed by atoms with Crippen LogP contribution >= 0.6 is 0 Å². The van der Waals surface area contributed by atoms with Gasteiger partial charge in [-0.25, -0.2) is 0 Å². The molecule has 0 aromatic heterocycles. The van der Waals surface area contributed by atoms with Gasteiger partial charge in [0.2, 0.25) is 0 Å². The van der Waals surface area contributed by atoms with E-state index in [9.17, 15) is 13.2 Å². The second-order valence-corrected chi connectivity index (χ2v) is 2.50. The Morgan fingerprint density at radius 3 is 2.25 bits per heavy atom. The van der Waals surface area contributed by atoms with Gasteiger partial charge in [-0.15, -0.1) is 0 Å². The Hall–Kier alpha value is -0.730. The van der Waals surface area contributed by atoms with Crippen molar-refractivity contribution in [1.82, 2.24) is 0 Å². The van der Waals surface area contributed by atoms with E-state index >= 15 is 0 Å². The first kappa shape index (κ1) is 11.3. The van der Waals surface area contributed by atoms with Gasteiger partial charge in [0.25, 0.3) is 0 Å². The summed E-state index contributed by atoms with van der Waals surface area (Å²) in [5.74, 6) is 0. The molecule has 0 heterocycles. The van der Waals surface area contributed by atoms with Crippen LogP contribution in [-0.4, -0.2) is 6.18 Å². The second kappa shape index (κ2) is 5.01. The zero-order valence-corrected chi connectivity index (χ0v) is 7.28. The molecular weight excluding hydrogens is 165 g/mol. The first-order valence-corrected chi connectivity index (χ1v) is 3.87. The molecule has 0 bridgehead atoms. The average molecular weight is 178 g/mol. The van der Waals surface area contributed by atoms with E-state index in [0.717, 1.165) is 0 Å². The highest BCUT2D eigenvalue weighted by Gasteiger charge is 2.27. The number of hydrogen-bond acceptors (Lipinski definition) is 0. The molecule has 0 saturated heterocycles. The molecule has 0 N–H and O–H groups in total. The molecule has 0 saturated carbocycles. The highest BCUT2D eigenvalue weighted by atomic mass is 19.4.